The number of phenolic OH excluding ortho intramolecular Hbond substituents is 1. The first-order chi connectivity index (χ1) is 28.9. The molecule has 1 amide bonds. The molecule has 1 fully saturated rings. The molecule has 0 radical (unpaired) electrons. The van der Waals surface area contributed by atoms with Crippen LogP contribution in [-0.4, -0.2) is 90.8 Å². The van der Waals surface area contributed by atoms with Gasteiger partial charge in [-0.2, -0.15) is 0 Å². The van der Waals surface area contributed by atoms with Gasteiger partial charge in [0.15, 0.2) is 11.5 Å². The molecule has 3 aromatic carbocycles. The number of aliphatic hydroxyl groups excluding tert-OH is 2. The Hall–Kier alpha value is -5.08. The Morgan fingerprint density at radius 3 is 2.51 bits per heavy atom. The number of rotatable bonds is 20. The lowest BCUT2D eigenvalue weighted by atomic mass is 9.55. The number of amides is 1. The summed E-state index contributed by atoms with van der Waals surface area (Å²) >= 11 is 0. The van der Waals surface area contributed by atoms with Crippen molar-refractivity contribution in [3.63, 3.8) is 0 Å². The average Bonchev–Trinajstić information content (AvgIpc) is 3.72. The highest BCUT2D eigenvalue weighted by atomic mass is 16.7. The maximum Gasteiger partial charge on any atom is 0.410 e. The first-order valence-electron chi connectivity index (χ1n) is 20.6. The van der Waals surface area contributed by atoms with Gasteiger partial charge in [-0.15, -0.1) is 6.58 Å². The summed E-state index contributed by atoms with van der Waals surface area (Å²) in [7, 11) is 1.51. The van der Waals surface area contributed by atoms with E-state index < -0.39 is 23.8 Å². The van der Waals surface area contributed by atoms with Crippen LogP contribution in [0.3, 0.4) is 0 Å². The molecule has 2 heterocycles. The van der Waals surface area contributed by atoms with Gasteiger partial charge < -0.3 is 48.6 Å². The van der Waals surface area contributed by atoms with Crippen molar-refractivity contribution in [1.29, 1.82) is 0 Å². The van der Waals surface area contributed by atoms with Crippen LogP contribution in [0.4, 0.5) is 4.79 Å². The van der Waals surface area contributed by atoms with Crippen LogP contribution >= 0.6 is 0 Å². The van der Waals surface area contributed by atoms with Crippen LogP contribution in [0, 0.1) is 17.8 Å². The van der Waals surface area contributed by atoms with E-state index in [0.717, 1.165) is 47.9 Å². The second-order valence-electron chi connectivity index (χ2n) is 15.4. The number of benzene rings is 3. The quantitative estimate of drug-likeness (QED) is 0.0600. The van der Waals surface area contributed by atoms with Crippen LogP contribution in [0.25, 0.3) is 0 Å². The highest BCUT2D eigenvalue weighted by Gasteiger charge is 2.65. The van der Waals surface area contributed by atoms with E-state index in [2.05, 4.69) is 17.8 Å². The minimum atomic E-state index is -1.49. The summed E-state index contributed by atoms with van der Waals surface area (Å²) in [5, 5.41) is 35.2. The van der Waals surface area contributed by atoms with Crippen molar-refractivity contribution in [2.24, 2.45) is 22.9 Å². The van der Waals surface area contributed by atoms with Gasteiger partial charge in [-0.05, 0) is 84.6 Å². The summed E-state index contributed by atoms with van der Waals surface area (Å²) < 4.78 is 37.4. The summed E-state index contributed by atoms with van der Waals surface area (Å²) in [5.41, 5.74) is 4.15. The molecule has 316 valence electrons. The number of fused-ring (bicyclic) bond motifs is 3. The summed E-state index contributed by atoms with van der Waals surface area (Å²) in [4.78, 5) is 21.9. The first kappa shape index (κ1) is 42.1. The van der Waals surface area contributed by atoms with Crippen LogP contribution in [0.5, 0.6) is 23.0 Å². The third-order valence-corrected chi connectivity index (χ3v) is 11.8. The molecule has 3 aromatic rings. The molecule has 0 aromatic heterocycles. The molecule has 7 rings (SSSR count). The number of unbranched alkanes of at least 4 members (excludes halogenated alkanes) is 2. The van der Waals surface area contributed by atoms with Gasteiger partial charge in [0.05, 0.1) is 31.5 Å². The van der Waals surface area contributed by atoms with Crippen molar-refractivity contribution in [2.45, 2.75) is 75.8 Å². The molecule has 0 spiro atoms. The second kappa shape index (κ2) is 19.8. The zero-order valence-corrected chi connectivity index (χ0v) is 33.7. The molecular weight excluding hydrogens is 757 g/mol. The number of hydrogen-bond acceptors (Lipinski definition) is 12. The molecule has 13 nitrogen and oxygen atoms in total. The summed E-state index contributed by atoms with van der Waals surface area (Å²) in [6.45, 7) is 5.02. The Bertz CT molecular complexity index is 1950. The van der Waals surface area contributed by atoms with Gasteiger partial charge in [0.2, 0.25) is 12.6 Å². The number of oxime groups is 1. The number of aliphatic hydroxyl groups is 2. The molecule has 2 aliphatic heterocycles. The number of carbonyl (C=O) groups is 1. The van der Waals surface area contributed by atoms with Gasteiger partial charge in [-0.25, -0.2) is 4.79 Å². The third-order valence-electron chi connectivity index (χ3n) is 11.8. The Balaban J connectivity index is 1.33. The van der Waals surface area contributed by atoms with Crippen molar-refractivity contribution in [3.05, 3.63) is 108 Å². The molecule has 3 N–H and O–H groups in total. The molecule has 13 heteroatoms. The van der Waals surface area contributed by atoms with Crippen LogP contribution in [0.2, 0.25) is 0 Å². The smallest absolute Gasteiger partial charge is 0.410 e. The maximum absolute atomic E-state index is 14.7. The van der Waals surface area contributed by atoms with E-state index in [1.54, 1.807) is 29.2 Å². The fourth-order valence-electron chi connectivity index (χ4n) is 9.34. The molecule has 4 aliphatic rings. The van der Waals surface area contributed by atoms with E-state index in [1.165, 1.54) is 7.11 Å². The normalized spacial score (nSPS) is 24.4. The van der Waals surface area contributed by atoms with Crippen molar-refractivity contribution in [1.82, 2.24) is 4.90 Å². The van der Waals surface area contributed by atoms with E-state index in [9.17, 15) is 20.1 Å². The van der Waals surface area contributed by atoms with Crippen molar-refractivity contribution < 1.29 is 53.4 Å². The first-order valence-corrected chi connectivity index (χ1v) is 20.6. The number of nitrogens with zero attached hydrogens (tertiary/aromatic N) is 2. The molecular formula is C46H56N2O11. The SMILES string of the molecule is C=CCOC12Oc3ccc(O)cc3C3C(CCCCO)C(CCCCO)C=C(C(=NOC)CC1N(Cc1ccc4c(c1)OCO4)C(=O)OCCOCc1ccccc1)C32. The largest absolute Gasteiger partial charge is 0.508 e. The zero-order chi connectivity index (χ0) is 41.2. The Labute approximate surface area is 345 Å². The van der Waals surface area contributed by atoms with E-state index in [4.69, 9.17) is 33.3 Å². The standard InChI is InChI=1S/C46H56N2O11/c1-3-21-58-46-42(48(28-32-15-17-40-41(24-32)57-30-56-40)45(52)55-23-22-54-29-31-11-5-4-6-12-31)27-38(47-53-2)36-25-33(13-7-9-19-49)35(14-8-10-20-50)43(44(36)46)37-26-34(51)16-18-39(37)59-46/h3-6,11-12,15-18,24-26,33,35,42-44,49-51H,1,7-10,13-14,19-23,27-30H2,2H3. The fraction of sp³-hybridized carbons (Fsp3) is 0.478. The van der Waals surface area contributed by atoms with E-state index in [0.29, 0.717) is 42.4 Å². The van der Waals surface area contributed by atoms with Gasteiger partial charge >= 0.3 is 6.09 Å². The van der Waals surface area contributed by atoms with Gasteiger partial charge in [-0.1, -0.05) is 66.5 Å². The predicted molar refractivity (Wildman–Crippen MR) is 219 cm³/mol. The van der Waals surface area contributed by atoms with Crippen molar-refractivity contribution in [2.75, 3.05) is 46.9 Å². The molecule has 0 bridgehead atoms. The average molecular weight is 813 g/mol. The van der Waals surface area contributed by atoms with Crippen molar-refractivity contribution in [3.8, 4) is 23.0 Å². The fourth-order valence-corrected chi connectivity index (χ4v) is 9.34. The number of allylic oxidation sites excluding steroid dienone is 1. The molecule has 2 aliphatic carbocycles. The highest BCUT2D eigenvalue weighted by Crippen LogP contribution is 2.62. The Kier molecular flexibility index (Phi) is 14.1. The molecule has 6 atom stereocenters. The third kappa shape index (κ3) is 9.23. The van der Waals surface area contributed by atoms with Gasteiger partial charge in [0.1, 0.15) is 31.3 Å². The van der Waals surface area contributed by atoms with E-state index in [1.807, 2.05) is 48.5 Å². The number of aromatic hydroxyl groups is 1. The number of carbonyl (C=O) groups excluding carboxylic acids is 1. The van der Waals surface area contributed by atoms with Gasteiger partial charge in [0, 0.05) is 37.7 Å². The molecule has 59 heavy (non-hydrogen) atoms. The van der Waals surface area contributed by atoms with Crippen LogP contribution in [0.15, 0.2) is 96.2 Å². The maximum atomic E-state index is 14.7. The topological polar surface area (TPSA) is 158 Å². The van der Waals surface area contributed by atoms with Crippen LogP contribution in [0.1, 0.15) is 67.6 Å². The lowest BCUT2D eigenvalue weighted by Crippen LogP contribution is -2.70. The monoisotopic (exact) mass is 812 g/mol. The second-order valence-corrected chi connectivity index (χ2v) is 15.4. The Morgan fingerprint density at radius 2 is 1.73 bits per heavy atom. The van der Waals surface area contributed by atoms with E-state index >= 15 is 0 Å². The minimum Gasteiger partial charge on any atom is -0.508 e. The van der Waals surface area contributed by atoms with Crippen LogP contribution < -0.4 is 14.2 Å². The number of hydrogen-bond donors (Lipinski definition) is 3. The van der Waals surface area contributed by atoms with Crippen LogP contribution in [-0.2, 0) is 32.2 Å². The van der Waals surface area contributed by atoms with E-state index in [-0.39, 0.29) is 76.3 Å². The molecule has 1 saturated carbocycles. The minimum absolute atomic E-state index is 0.00180. The predicted octanol–water partition coefficient (Wildman–Crippen LogP) is 7.24. The van der Waals surface area contributed by atoms with Crippen molar-refractivity contribution >= 4 is 11.8 Å². The summed E-state index contributed by atoms with van der Waals surface area (Å²) in [5.74, 6) is -0.375. The highest BCUT2D eigenvalue weighted by molar-refractivity contribution is 6.03. The number of ether oxygens (including phenoxy) is 6. The van der Waals surface area contributed by atoms with Gasteiger partial charge in [-0.3, -0.25) is 4.90 Å². The summed E-state index contributed by atoms with van der Waals surface area (Å²) in [6.07, 6.45) is 8.00. The number of phenols is 1. The summed E-state index contributed by atoms with van der Waals surface area (Å²) in [6, 6.07) is 19.7. The Morgan fingerprint density at radius 1 is 0.949 bits per heavy atom. The zero-order valence-electron chi connectivity index (χ0n) is 33.7. The van der Waals surface area contributed by atoms with Gasteiger partial charge in [0.25, 0.3) is 0 Å². The molecule has 0 saturated heterocycles. The lowest BCUT2D eigenvalue weighted by molar-refractivity contribution is -0.256. The molecule has 6 unspecified atom stereocenters. The lowest BCUT2D eigenvalue weighted by Gasteiger charge is -2.59.